The van der Waals surface area contributed by atoms with Gasteiger partial charge in [0.2, 0.25) is 5.91 Å². The van der Waals surface area contributed by atoms with Crippen molar-refractivity contribution in [1.82, 2.24) is 9.88 Å². The van der Waals surface area contributed by atoms with Crippen LogP contribution in [0.1, 0.15) is 22.7 Å². The monoisotopic (exact) mass is 403 g/mol. The largest absolute Gasteiger partial charge is 0.368 e. The molecule has 3 aromatic rings. The van der Waals surface area contributed by atoms with Gasteiger partial charge >= 0.3 is 0 Å². The molecular formula is C23H22FN5O. The summed E-state index contributed by atoms with van der Waals surface area (Å²) in [6.07, 6.45) is 1.55. The SMILES string of the molecule is Cc1cc(F)cc2c(N3CCN(C(C(N)=O)c4ccccc4)CC3)c(C#N)cnc12. The van der Waals surface area contributed by atoms with Crippen LogP contribution in [0.5, 0.6) is 0 Å². The number of pyridine rings is 1. The zero-order valence-corrected chi connectivity index (χ0v) is 16.7. The summed E-state index contributed by atoms with van der Waals surface area (Å²) in [6, 6.07) is 14.1. The van der Waals surface area contributed by atoms with Crippen molar-refractivity contribution < 1.29 is 9.18 Å². The second-order valence-corrected chi connectivity index (χ2v) is 7.49. The molecule has 30 heavy (non-hydrogen) atoms. The van der Waals surface area contributed by atoms with Crippen LogP contribution in [-0.4, -0.2) is 42.0 Å². The normalized spacial score (nSPS) is 15.7. The number of anilines is 1. The van der Waals surface area contributed by atoms with Gasteiger partial charge < -0.3 is 10.6 Å². The molecule has 152 valence electrons. The van der Waals surface area contributed by atoms with Gasteiger partial charge in [-0.15, -0.1) is 0 Å². The summed E-state index contributed by atoms with van der Waals surface area (Å²) >= 11 is 0. The highest BCUT2D eigenvalue weighted by Crippen LogP contribution is 2.33. The Balaban J connectivity index is 1.65. The lowest BCUT2D eigenvalue weighted by molar-refractivity contribution is -0.123. The topological polar surface area (TPSA) is 86.2 Å². The third-order valence-corrected chi connectivity index (χ3v) is 5.60. The third-order valence-electron chi connectivity index (χ3n) is 5.60. The Bertz CT molecular complexity index is 1130. The zero-order chi connectivity index (χ0) is 21.3. The Hall–Kier alpha value is -3.50. The molecule has 7 heteroatoms. The minimum absolute atomic E-state index is 0.352. The number of fused-ring (bicyclic) bond motifs is 1. The number of rotatable bonds is 4. The first-order chi connectivity index (χ1) is 14.5. The van der Waals surface area contributed by atoms with Crippen LogP contribution in [0.15, 0.2) is 48.7 Å². The first-order valence-corrected chi connectivity index (χ1v) is 9.82. The van der Waals surface area contributed by atoms with Gasteiger partial charge in [0.25, 0.3) is 0 Å². The number of aryl methyl sites for hydroxylation is 1. The number of nitriles is 1. The summed E-state index contributed by atoms with van der Waals surface area (Å²) in [6.45, 7) is 4.15. The van der Waals surface area contributed by atoms with Crippen LogP contribution in [0.3, 0.4) is 0 Å². The average molecular weight is 403 g/mol. The fraction of sp³-hybridized carbons (Fsp3) is 0.261. The van der Waals surface area contributed by atoms with E-state index in [1.54, 1.807) is 6.20 Å². The molecule has 1 aliphatic heterocycles. The molecule has 0 saturated carbocycles. The van der Waals surface area contributed by atoms with Crippen molar-refractivity contribution in [2.45, 2.75) is 13.0 Å². The highest BCUT2D eigenvalue weighted by atomic mass is 19.1. The van der Waals surface area contributed by atoms with Gasteiger partial charge in [0.05, 0.1) is 16.8 Å². The zero-order valence-electron chi connectivity index (χ0n) is 16.7. The minimum atomic E-state index is -0.502. The van der Waals surface area contributed by atoms with Crippen LogP contribution in [0.2, 0.25) is 0 Å². The van der Waals surface area contributed by atoms with E-state index in [4.69, 9.17) is 5.73 Å². The molecule has 2 heterocycles. The summed E-state index contributed by atoms with van der Waals surface area (Å²) in [4.78, 5) is 20.7. The lowest BCUT2D eigenvalue weighted by Gasteiger charge is -2.39. The van der Waals surface area contributed by atoms with E-state index in [0.29, 0.717) is 48.3 Å². The van der Waals surface area contributed by atoms with Gasteiger partial charge in [-0.25, -0.2) is 4.39 Å². The third kappa shape index (κ3) is 3.58. The molecule has 6 nitrogen and oxygen atoms in total. The van der Waals surface area contributed by atoms with Crippen molar-refractivity contribution in [3.63, 3.8) is 0 Å². The van der Waals surface area contributed by atoms with Gasteiger partial charge in [0.15, 0.2) is 0 Å². The van der Waals surface area contributed by atoms with Crippen LogP contribution in [0.4, 0.5) is 10.1 Å². The summed E-state index contributed by atoms with van der Waals surface area (Å²) in [5.74, 6) is -0.742. The van der Waals surface area contributed by atoms with Crippen molar-refractivity contribution in [3.05, 3.63) is 71.2 Å². The van der Waals surface area contributed by atoms with Crippen LogP contribution in [0, 0.1) is 24.1 Å². The molecule has 1 fully saturated rings. The van der Waals surface area contributed by atoms with Crippen LogP contribution < -0.4 is 10.6 Å². The predicted molar refractivity (Wildman–Crippen MR) is 113 cm³/mol. The molecule has 1 aliphatic rings. The number of nitrogens with two attached hydrogens (primary N) is 1. The van der Waals surface area contributed by atoms with Gasteiger partial charge in [-0.3, -0.25) is 14.7 Å². The number of aromatic nitrogens is 1. The van der Waals surface area contributed by atoms with Crippen molar-refractivity contribution in [3.8, 4) is 6.07 Å². The molecule has 0 bridgehead atoms. The van der Waals surface area contributed by atoms with Gasteiger partial charge in [0, 0.05) is 37.8 Å². The number of hydrogen-bond donors (Lipinski definition) is 1. The van der Waals surface area contributed by atoms with Crippen LogP contribution in [-0.2, 0) is 4.79 Å². The van der Waals surface area contributed by atoms with Crippen molar-refractivity contribution in [2.75, 3.05) is 31.1 Å². The van der Waals surface area contributed by atoms with Crippen LogP contribution in [0.25, 0.3) is 10.9 Å². The summed E-state index contributed by atoms with van der Waals surface area (Å²) < 4.78 is 14.1. The van der Waals surface area contributed by atoms with Gasteiger partial charge in [-0.05, 0) is 30.2 Å². The number of primary amides is 1. The molecule has 1 unspecified atom stereocenters. The van der Waals surface area contributed by atoms with Crippen molar-refractivity contribution in [1.29, 1.82) is 5.26 Å². The second-order valence-electron chi connectivity index (χ2n) is 7.49. The molecule has 1 aromatic heterocycles. The lowest BCUT2D eigenvalue weighted by atomic mass is 10.0. The molecule has 4 rings (SSSR count). The van der Waals surface area contributed by atoms with E-state index in [0.717, 1.165) is 11.1 Å². The standard InChI is InChI=1S/C23H22FN5O/c1-15-11-18(24)12-19-20(15)27-14-17(13-25)21(19)28-7-9-29(10-8-28)22(23(26)30)16-5-3-2-4-6-16/h2-6,11-12,14,22H,7-10H2,1H3,(H2,26,30). The van der Waals surface area contributed by atoms with E-state index in [-0.39, 0.29) is 11.7 Å². The lowest BCUT2D eigenvalue weighted by Crippen LogP contribution is -2.50. The maximum Gasteiger partial charge on any atom is 0.239 e. The molecule has 1 atom stereocenters. The number of carbonyl (C=O) groups excluding carboxylic acids is 1. The Kier molecular flexibility index (Phi) is 5.34. The summed E-state index contributed by atoms with van der Waals surface area (Å²) in [5, 5.41) is 10.3. The Morgan fingerprint density at radius 1 is 1.20 bits per heavy atom. The summed E-state index contributed by atoms with van der Waals surface area (Å²) in [5.41, 5.74) is 9.10. The molecule has 0 radical (unpaired) electrons. The maximum atomic E-state index is 14.1. The number of halogens is 1. The second kappa shape index (κ2) is 8.09. The fourth-order valence-corrected chi connectivity index (χ4v) is 4.24. The van der Waals surface area contributed by atoms with E-state index >= 15 is 0 Å². The van der Waals surface area contributed by atoms with Crippen molar-refractivity contribution >= 4 is 22.5 Å². The van der Waals surface area contributed by atoms with Crippen LogP contribution >= 0.6 is 0 Å². The number of benzene rings is 2. The summed E-state index contributed by atoms with van der Waals surface area (Å²) in [7, 11) is 0. The first-order valence-electron chi connectivity index (χ1n) is 9.82. The molecule has 0 spiro atoms. The molecule has 2 N–H and O–H groups in total. The van der Waals surface area contributed by atoms with E-state index in [1.807, 2.05) is 37.3 Å². The van der Waals surface area contributed by atoms with Gasteiger partial charge in [-0.1, -0.05) is 30.3 Å². The minimum Gasteiger partial charge on any atom is -0.368 e. The highest BCUT2D eigenvalue weighted by molar-refractivity contribution is 5.96. The highest BCUT2D eigenvalue weighted by Gasteiger charge is 2.30. The van der Waals surface area contributed by atoms with E-state index in [9.17, 15) is 14.4 Å². The smallest absolute Gasteiger partial charge is 0.239 e. The predicted octanol–water partition coefficient (Wildman–Crippen LogP) is 2.90. The molecule has 1 saturated heterocycles. The fourth-order valence-electron chi connectivity index (χ4n) is 4.24. The molecule has 1 amide bonds. The van der Waals surface area contributed by atoms with Crippen molar-refractivity contribution in [2.24, 2.45) is 5.73 Å². The number of hydrogen-bond acceptors (Lipinski definition) is 5. The van der Waals surface area contributed by atoms with E-state index in [2.05, 4.69) is 20.9 Å². The quantitative estimate of drug-likeness (QED) is 0.724. The van der Waals surface area contributed by atoms with Gasteiger partial charge in [-0.2, -0.15) is 5.26 Å². The Morgan fingerprint density at radius 3 is 2.53 bits per heavy atom. The Labute approximate surface area is 174 Å². The number of piperazine rings is 1. The van der Waals surface area contributed by atoms with E-state index in [1.165, 1.54) is 12.1 Å². The Morgan fingerprint density at radius 2 is 1.90 bits per heavy atom. The first kappa shape index (κ1) is 19.8. The van der Waals surface area contributed by atoms with Gasteiger partial charge in [0.1, 0.15) is 17.9 Å². The number of amides is 1. The molecule has 0 aliphatic carbocycles. The molecule has 2 aromatic carbocycles. The number of nitrogens with zero attached hydrogens (tertiary/aromatic N) is 4. The maximum absolute atomic E-state index is 14.1. The number of carbonyl (C=O) groups is 1. The molecular weight excluding hydrogens is 381 g/mol. The van der Waals surface area contributed by atoms with E-state index < -0.39 is 6.04 Å². The average Bonchev–Trinajstić information content (AvgIpc) is 2.74.